The monoisotopic (exact) mass is 223 g/mol. The van der Waals surface area contributed by atoms with Gasteiger partial charge in [-0.1, -0.05) is 41.6 Å². The van der Waals surface area contributed by atoms with Crippen molar-refractivity contribution in [3.8, 4) is 11.5 Å². The molecule has 1 radical (unpaired) electrons. The number of hydrogen-bond acceptors (Lipinski definition) is 0. The van der Waals surface area contributed by atoms with Crippen molar-refractivity contribution < 1.29 is 0 Å². The third-order valence-electron chi connectivity index (χ3n) is 0.405. The number of halogens is 1. The Bertz CT molecular complexity index is 88.0. The maximum atomic E-state index is 3.14. The highest BCUT2D eigenvalue weighted by Crippen LogP contribution is 1.77. The summed E-state index contributed by atoms with van der Waals surface area (Å²) in [7, 11) is -0.263. The summed E-state index contributed by atoms with van der Waals surface area (Å²) in [5.74, 6) is 3.03. The highest BCUT2D eigenvalue weighted by atomic mass is 127. The van der Waals surface area contributed by atoms with Crippen molar-refractivity contribution in [2.75, 3.05) is 4.43 Å². The van der Waals surface area contributed by atoms with E-state index in [0.29, 0.717) is 0 Å². The van der Waals surface area contributed by atoms with Crippen LogP contribution in [0.25, 0.3) is 0 Å². The van der Waals surface area contributed by atoms with Gasteiger partial charge in [0.05, 0.1) is 4.43 Å². The molecule has 0 spiro atoms. The summed E-state index contributed by atoms with van der Waals surface area (Å²) in [4.78, 5) is 0. The van der Waals surface area contributed by atoms with E-state index in [2.05, 4.69) is 47.1 Å². The molecule has 0 aromatic heterocycles. The first-order valence-corrected chi connectivity index (χ1v) is 6.15. The molecule has 0 unspecified atom stereocenters. The average molecular weight is 223 g/mol. The third-order valence-corrected chi connectivity index (χ3v) is 1.46. The highest BCUT2D eigenvalue weighted by Gasteiger charge is 1.82. The zero-order chi connectivity index (χ0) is 5.70. The van der Waals surface area contributed by atoms with Crippen LogP contribution in [0.4, 0.5) is 0 Å². The Labute approximate surface area is 60.4 Å². The first-order chi connectivity index (χ1) is 3.27. The molecule has 2 heteroatoms. The second kappa shape index (κ2) is 4.66. The van der Waals surface area contributed by atoms with Gasteiger partial charge in [0.2, 0.25) is 0 Å². The Hall–Kier alpha value is 0.507. The smallest absolute Gasteiger partial charge is 0.133 e. The van der Waals surface area contributed by atoms with E-state index in [-0.39, 0.29) is 8.80 Å². The molecule has 39 valence electrons. The fourth-order valence-electron chi connectivity index (χ4n) is 0.210. The summed E-state index contributed by atoms with van der Waals surface area (Å²) in [5, 5.41) is 0. The quantitative estimate of drug-likeness (QED) is 0.254. The molecular weight excluding hydrogens is 215 g/mol. The summed E-state index contributed by atoms with van der Waals surface area (Å²) < 4.78 is 0.980. The molecule has 7 heavy (non-hydrogen) atoms. The van der Waals surface area contributed by atoms with Crippen LogP contribution in [0.5, 0.6) is 0 Å². The standard InChI is InChI=1S/C5H8ISi/c1-7(2)5-3-4-6/h4H2,1-2H3. The molecule has 0 aromatic carbocycles. The average Bonchev–Trinajstić information content (AvgIpc) is 1.61. The molecule has 0 bridgehead atoms. The van der Waals surface area contributed by atoms with Crippen molar-refractivity contribution in [3.05, 3.63) is 0 Å². The van der Waals surface area contributed by atoms with Gasteiger partial charge in [-0.15, -0.1) is 5.54 Å². The molecule has 0 aliphatic carbocycles. The number of hydrogen-bond donors (Lipinski definition) is 0. The molecular formula is C5H8ISi. The summed E-state index contributed by atoms with van der Waals surface area (Å²) in [6.45, 7) is 4.40. The molecule has 0 fully saturated rings. The molecule has 0 N–H and O–H groups in total. The molecule has 0 aliphatic rings. The zero-order valence-corrected chi connectivity index (χ0v) is 7.74. The maximum Gasteiger partial charge on any atom is 0.138 e. The summed E-state index contributed by atoms with van der Waals surface area (Å²) in [6.07, 6.45) is 0. The summed E-state index contributed by atoms with van der Waals surface area (Å²) >= 11 is 2.26. The van der Waals surface area contributed by atoms with Crippen molar-refractivity contribution in [1.82, 2.24) is 0 Å². The van der Waals surface area contributed by atoms with Crippen molar-refractivity contribution in [1.29, 1.82) is 0 Å². The Morgan fingerprint density at radius 3 is 2.29 bits per heavy atom. The molecule has 0 amide bonds. The predicted octanol–water partition coefficient (Wildman–Crippen LogP) is 1.72. The van der Waals surface area contributed by atoms with Gasteiger partial charge in [-0.3, -0.25) is 0 Å². The fourth-order valence-corrected chi connectivity index (χ4v) is 1.20. The van der Waals surface area contributed by atoms with Gasteiger partial charge in [-0.25, -0.2) is 0 Å². The lowest BCUT2D eigenvalue weighted by molar-refractivity contribution is 1.99. The molecule has 0 saturated heterocycles. The van der Waals surface area contributed by atoms with Crippen LogP contribution < -0.4 is 0 Å². The van der Waals surface area contributed by atoms with Gasteiger partial charge in [-0.05, 0) is 0 Å². The van der Waals surface area contributed by atoms with Gasteiger partial charge < -0.3 is 0 Å². The normalized spacial score (nSPS) is 8.00. The van der Waals surface area contributed by atoms with Gasteiger partial charge in [0, 0.05) is 0 Å². The van der Waals surface area contributed by atoms with E-state index in [1.165, 1.54) is 0 Å². The van der Waals surface area contributed by atoms with Crippen LogP contribution in [0, 0.1) is 11.5 Å². The third kappa shape index (κ3) is 6.51. The van der Waals surface area contributed by atoms with Crippen molar-refractivity contribution in [2.45, 2.75) is 13.1 Å². The number of rotatable bonds is 0. The van der Waals surface area contributed by atoms with E-state index < -0.39 is 0 Å². The Balaban J connectivity index is 3.24. The van der Waals surface area contributed by atoms with Crippen LogP contribution in [-0.4, -0.2) is 13.2 Å². The summed E-state index contributed by atoms with van der Waals surface area (Å²) in [6, 6.07) is 0. The second-order valence-electron chi connectivity index (χ2n) is 1.44. The Morgan fingerprint density at radius 1 is 1.57 bits per heavy atom. The minimum atomic E-state index is -0.263. The molecule has 0 rings (SSSR count). The van der Waals surface area contributed by atoms with E-state index in [4.69, 9.17) is 0 Å². The lowest BCUT2D eigenvalue weighted by atomic mass is 10.8. The Kier molecular flexibility index (Phi) is 5.00. The fraction of sp³-hybridized carbons (Fsp3) is 0.600. The van der Waals surface area contributed by atoms with Gasteiger partial charge in [0.1, 0.15) is 8.80 Å². The van der Waals surface area contributed by atoms with Gasteiger partial charge in [0.25, 0.3) is 0 Å². The van der Waals surface area contributed by atoms with Crippen molar-refractivity contribution in [2.24, 2.45) is 0 Å². The number of alkyl halides is 1. The summed E-state index contributed by atoms with van der Waals surface area (Å²) in [5.41, 5.74) is 3.14. The minimum absolute atomic E-state index is 0.263. The maximum absolute atomic E-state index is 3.14. The van der Waals surface area contributed by atoms with Gasteiger partial charge in [-0.2, -0.15) is 0 Å². The van der Waals surface area contributed by atoms with Crippen LogP contribution in [0.3, 0.4) is 0 Å². The Morgan fingerprint density at radius 2 is 2.14 bits per heavy atom. The highest BCUT2D eigenvalue weighted by molar-refractivity contribution is 14.1. The van der Waals surface area contributed by atoms with E-state index in [0.717, 1.165) is 4.43 Å². The van der Waals surface area contributed by atoms with E-state index in [1.807, 2.05) is 0 Å². The van der Waals surface area contributed by atoms with Gasteiger partial charge in [0.15, 0.2) is 0 Å². The van der Waals surface area contributed by atoms with Crippen LogP contribution in [0.1, 0.15) is 0 Å². The first-order valence-electron chi connectivity index (χ1n) is 2.12. The molecule has 0 saturated carbocycles. The van der Waals surface area contributed by atoms with E-state index in [1.54, 1.807) is 0 Å². The minimum Gasteiger partial charge on any atom is -0.133 e. The first kappa shape index (κ1) is 7.51. The van der Waals surface area contributed by atoms with Crippen LogP contribution >= 0.6 is 22.6 Å². The predicted molar refractivity (Wildman–Crippen MR) is 44.1 cm³/mol. The lowest BCUT2D eigenvalue weighted by Crippen LogP contribution is -1.92. The largest absolute Gasteiger partial charge is 0.138 e. The van der Waals surface area contributed by atoms with Gasteiger partial charge >= 0.3 is 0 Å². The second-order valence-corrected chi connectivity index (χ2v) is 4.45. The molecule has 0 aromatic rings. The van der Waals surface area contributed by atoms with Crippen LogP contribution in [-0.2, 0) is 0 Å². The topological polar surface area (TPSA) is 0 Å². The van der Waals surface area contributed by atoms with Crippen molar-refractivity contribution >= 4 is 31.4 Å². The molecule has 0 atom stereocenters. The molecule has 0 heterocycles. The molecule has 0 aliphatic heterocycles. The van der Waals surface area contributed by atoms with Crippen molar-refractivity contribution in [3.63, 3.8) is 0 Å². The van der Waals surface area contributed by atoms with Crippen LogP contribution in [0.15, 0.2) is 0 Å². The van der Waals surface area contributed by atoms with E-state index in [9.17, 15) is 0 Å². The SMILES string of the molecule is C[Si](C)C#CCI. The zero-order valence-electron chi connectivity index (χ0n) is 4.59. The molecule has 0 nitrogen and oxygen atoms in total. The van der Waals surface area contributed by atoms with E-state index >= 15 is 0 Å². The van der Waals surface area contributed by atoms with Crippen LogP contribution in [0.2, 0.25) is 13.1 Å². The lowest BCUT2D eigenvalue weighted by Gasteiger charge is -1.79.